The number of halogens is 2. The number of aromatic nitrogens is 2. The number of aromatic amines is 1. The average molecular weight is 349 g/mol. The highest BCUT2D eigenvalue weighted by atomic mass is 19.1. The van der Waals surface area contributed by atoms with Gasteiger partial charge >= 0.3 is 0 Å². The largest absolute Gasteiger partial charge is 0.340 e. The number of nitrogens with zero attached hydrogens (tertiary/aromatic N) is 2. The maximum absolute atomic E-state index is 13.3. The van der Waals surface area contributed by atoms with Gasteiger partial charge in [0.15, 0.2) is 5.82 Å². The van der Waals surface area contributed by atoms with Gasteiger partial charge in [0.05, 0.1) is 5.69 Å². The molecule has 0 spiro atoms. The zero-order valence-corrected chi connectivity index (χ0v) is 13.5. The maximum Gasteiger partial charge on any atom is 0.247 e. The van der Waals surface area contributed by atoms with Crippen LogP contribution in [0.4, 0.5) is 14.6 Å². The highest BCUT2D eigenvalue weighted by molar-refractivity contribution is 5.98. The molecular formula is C16H17F2N5O2. The van der Waals surface area contributed by atoms with Crippen LogP contribution in [0.3, 0.4) is 0 Å². The van der Waals surface area contributed by atoms with Crippen molar-refractivity contribution >= 4 is 17.6 Å². The molecule has 0 aliphatic carbocycles. The van der Waals surface area contributed by atoms with E-state index in [1.54, 1.807) is 0 Å². The molecule has 1 unspecified atom stereocenters. The summed E-state index contributed by atoms with van der Waals surface area (Å²) in [5, 5.41) is 9.09. The molecule has 9 heteroatoms. The van der Waals surface area contributed by atoms with E-state index in [-0.39, 0.29) is 23.8 Å². The van der Waals surface area contributed by atoms with E-state index < -0.39 is 23.1 Å². The summed E-state index contributed by atoms with van der Waals surface area (Å²) in [6.45, 7) is 1.95. The number of likely N-dealkylation sites (tertiary alicyclic amines) is 1. The minimum absolute atomic E-state index is 0.126. The fourth-order valence-corrected chi connectivity index (χ4v) is 2.77. The number of benzene rings is 1. The minimum Gasteiger partial charge on any atom is -0.340 e. The summed E-state index contributed by atoms with van der Waals surface area (Å²) in [6, 6.07) is 4.51. The number of hydrogen-bond acceptors (Lipinski definition) is 4. The molecule has 0 radical (unpaired) electrons. The van der Waals surface area contributed by atoms with E-state index in [0.717, 1.165) is 18.2 Å². The Bertz CT molecular complexity index is 817. The van der Waals surface area contributed by atoms with Gasteiger partial charge in [-0.2, -0.15) is 5.10 Å². The van der Waals surface area contributed by atoms with Crippen molar-refractivity contribution < 1.29 is 18.4 Å². The minimum atomic E-state index is -1.20. The first-order chi connectivity index (χ1) is 11.8. The van der Waals surface area contributed by atoms with Gasteiger partial charge in [0.1, 0.15) is 17.2 Å². The van der Waals surface area contributed by atoms with Gasteiger partial charge in [0.2, 0.25) is 11.8 Å². The van der Waals surface area contributed by atoms with E-state index >= 15 is 0 Å². The van der Waals surface area contributed by atoms with Gasteiger partial charge in [0, 0.05) is 37.7 Å². The molecule has 2 heterocycles. The number of hydrogen-bond donors (Lipinski definition) is 3. The zero-order chi connectivity index (χ0) is 18.2. The molecule has 2 aromatic rings. The van der Waals surface area contributed by atoms with Crippen molar-refractivity contribution in [2.45, 2.75) is 18.9 Å². The number of anilines is 1. The van der Waals surface area contributed by atoms with Crippen molar-refractivity contribution in [3.05, 3.63) is 35.9 Å². The van der Waals surface area contributed by atoms with Crippen molar-refractivity contribution in [2.75, 3.05) is 18.4 Å². The van der Waals surface area contributed by atoms with Crippen molar-refractivity contribution in [3.63, 3.8) is 0 Å². The molecule has 132 valence electrons. The van der Waals surface area contributed by atoms with Crippen LogP contribution in [0.5, 0.6) is 0 Å². The number of nitrogens with two attached hydrogens (primary N) is 1. The summed E-state index contributed by atoms with van der Waals surface area (Å²) in [7, 11) is 0. The molecular weight excluding hydrogens is 332 g/mol. The van der Waals surface area contributed by atoms with Crippen molar-refractivity contribution in [1.82, 2.24) is 15.1 Å². The normalized spacial score (nSPS) is 19.9. The average Bonchev–Trinajstić information content (AvgIpc) is 3.14. The number of H-pyrrole nitrogens is 1. The van der Waals surface area contributed by atoms with Crippen LogP contribution in [0.15, 0.2) is 24.3 Å². The predicted octanol–water partition coefficient (Wildman–Crippen LogP) is 1.24. The van der Waals surface area contributed by atoms with E-state index in [9.17, 15) is 18.4 Å². The van der Waals surface area contributed by atoms with Crippen LogP contribution in [0, 0.1) is 11.6 Å². The summed E-state index contributed by atoms with van der Waals surface area (Å²) in [5.74, 6) is -1.87. The Kier molecular flexibility index (Phi) is 4.25. The second kappa shape index (κ2) is 6.25. The lowest BCUT2D eigenvalue weighted by Crippen LogP contribution is -2.53. The standard InChI is InChI=1S/C16H17F2N5O2/c1-9(24)23-3-2-16(19,8-23)15(25)20-14-7-13(21-22-14)10-4-11(17)6-12(18)5-10/h4-7H,2-3,8,19H2,1H3,(H2,20,21,22,25). The Hall–Kier alpha value is -2.81. The van der Waals surface area contributed by atoms with Gasteiger partial charge in [-0.1, -0.05) is 0 Å². The van der Waals surface area contributed by atoms with E-state index in [0.29, 0.717) is 18.7 Å². The topological polar surface area (TPSA) is 104 Å². The second-order valence-electron chi connectivity index (χ2n) is 6.13. The number of rotatable bonds is 3. The third kappa shape index (κ3) is 3.50. The molecule has 1 atom stereocenters. The quantitative estimate of drug-likeness (QED) is 0.775. The first kappa shape index (κ1) is 17.0. The molecule has 1 saturated heterocycles. The molecule has 4 N–H and O–H groups in total. The van der Waals surface area contributed by atoms with Crippen molar-refractivity contribution in [1.29, 1.82) is 0 Å². The van der Waals surface area contributed by atoms with Crippen LogP contribution in [0.25, 0.3) is 11.3 Å². The van der Waals surface area contributed by atoms with Gasteiger partial charge in [-0.05, 0) is 18.6 Å². The number of carbonyl (C=O) groups is 2. The van der Waals surface area contributed by atoms with Gasteiger partial charge in [-0.25, -0.2) is 8.78 Å². The summed E-state index contributed by atoms with van der Waals surface area (Å²) < 4.78 is 26.6. The van der Waals surface area contributed by atoms with Crippen molar-refractivity contribution in [3.8, 4) is 11.3 Å². The number of carbonyl (C=O) groups excluding carboxylic acids is 2. The monoisotopic (exact) mass is 349 g/mol. The Balaban J connectivity index is 1.73. The zero-order valence-electron chi connectivity index (χ0n) is 13.5. The summed E-state index contributed by atoms with van der Waals surface area (Å²) in [4.78, 5) is 25.3. The van der Waals surface area contributed by atoms with E-state index in [4.69, 9.17) is 5.73 Å². The molecule has 1 aliphatic rings. The second-order valence-corrected chi connectivity index (χ2v) is 6.13. The van der Waals surface area contributed by atoms with Crippen LogP contribution >= 0.6 is 0 Å². The van der Waals surface area contributed by atoms with Gasteiger partial charge in [-0.3, -0.25) is 14.7 Å². The van der Waals surface area contributed by atoms with Crippen LogP contribution < -0.4 is 11.1 Å². The third-order valence-corrected chi connectivity index (χ3v) is 4.19. The van der Waals surface area contributed by atoms with Gasteiger partial charge in [-0.15, -0.1) is 0 Å². The maximum atomic E-state index is 13.3. The molecule has 1 aromatic carbocycles. The lowest BCUT2D eigenvalue weighted by Gasteiger charge is -2.22. The predicted molar refractivity (Wildman–Crippen MR) is 86.4 cm³/mol. The molecule has 3 rings (SSSR count). The van der Waals surface area contributed by atoms with E-state index in [1.807, 2.05) is 0 Å². The van der Waals surface area contributed by atoms with E-state index in [2.05, 4.69) is 15.5 Å². The third-order valence-electron chi connectivity index (χ3n) is 4.19. The first-order valence-electron chi connectivity index (χ1n) is 7.64. The SMILES string of the molecule is CC(=O)N1CCC(N)(C(=O)Nc2cc(-c3cc(F)cc(F)c3)[nH]n2)C1. The molecule has 1 aromatic heterocycles. The Labute approximate surface area is 142 Å². The Morgan fingerprint density at radius 3 is 2.56 bits per heavy atom. The highest BCUT2D eigenvalue weighted by Gasteiger charge is 2.42. The molecule has 7 nitrogen and oxygen atoms in total. The number of nitrogens with one attached hydrogen (secondary N) is 2. The van der Waals surface area contributed by atoms with Crippen LogP contribution in [-0.2, 0) is 9.59 Å². The van der Waals surface area contributed by atoms with Crippen LogP contribution in [0.1, 0.15) is 13.3 Å². The van der Waals surface area contributed by atoms with Crippen molar-refractivity contribution in [2.24, 2.45) is 5.73 Å². The highest BCUT2D eigenvalue weighted by Crippen LogP contribution is 2.24. The number of amides is 2. The molecule has 25 heavy (non-hydrogen) atoms. The fourth-order valence-electron chi connectivity index (χ4n) is 2.77. The van der Waals surface area contributed by atoms with Gasteiger partial charge < -0.3 is 16.0 Å². The summed E-state index contributed by atoms with van der Waals surface area (Å²) in [5.41, 5.74) is 5.50. The van der Waals surface area contributed by atoms with Gasteiger partial charge in [0.25, 0.3) is 0 Å². The smallest absolute Gasteiger partial charge is 0.247 e. The molecule has 1 aliphatic heterocycles. The lowest BCUT2D eigenvalue weighted by molar-refractivity contribution is -0.128. The van der Waals surface area contributed by atoms with Crippen LogP contribution in [-0.4, -0.2) is 45.5 Å². The molecule has 2 amide bonds. The molecule has 0 saturated carbocycles. The lowest BCUT2D eigenvalue weighted by atomic mass is 9.99. The summed E-state index contributed by atoms with van der Waals surface area (Å²) >= 11 is 0. The first-order valence-corrected chi connectivity index (χ1v) is 7.64. The summed E-state index contributed by atoms with van der Waals surface area (Å²) in [6.07, 6.45) is 0.338. The molecule has 1 fully saturated rings. The Morgan fingerprint density at radius 2 is 1.96 bits per heavy atom. The fraction of sp³-hybridized carbons (Fsp3) is 0.312. The van der Waals surface area contributed by atoms with Crippen LogP contribution in [0.2, 0.25) is 0 Å². The molecule has 0 bridgehead atoms. The Morgan fingerprint density at radius 1 is 1.28 bits per heavy atom. The van der Waals surface area contributed by atoms with E-state index in [1.165, 1.54) is 17.9 Å².